The molecule has 4 N–H and O–H groups in total. The van der Waals surface area contributed by atoms with Crippen molar-refractivity contribution in [2.24, 2.45) is 5.73 Å². The zero-order valence-electron chi connectivity index (χ0n) is 36.1. The number of ether oxygens (including phenoxy) is 2. The van der Waals surface area contributed by atoms with Crippen LogP contribution >= 0.6 is 7.82 Å². The molecule has 0 saturated heterocycles. The molecule has 0 radical (unpaired) electrons. The quantitative estimate of drug-likeness (QED) is 0.0231. The number of phosphoric acid groups is 1. The standard InChI is InChI=1S/C46H80NO10P/c1-3-5-7-9-11-13-15-17-19-21-23-25-27-29-31-33-35-37-44(48)54-39-42(40-55-58(52,53)56-41-43(47)46(50)51)57-45(49)38-36-34-32-30-28-26-24-22-20-18-16-14-12-10-8-6-4-2/h8,10,14,16-17,19-20,22,26,28,42-43H,3-7,9,11-13,15,18,21,23-25,27,29-41,47H2,1-2H3,(H,50,51)(H,52,53)/b10-8+,16-14+,19-17+,22-20+,28-26+/t42-,43+/m1/s1. The van der Waals surface area contributed by atoms with Crippen molar-refractivity contribution in [2.75, 3.05) is 19.8 Å². The molecule has 0 aromatic heterocycles. The summed E-state index contributed by atoms with van der Waals surface area (Å²) in [7, 11) is -4.73. The van der Waals surface area contributed by atoms with Gasteiger partial charge >= 0.3 is 25.7 Å². The smallest absolute Gasteiger partial charge is 0.472 e. The Labute approximate surface area is 351 Å². The van der Waals surface area contributed by atoms with Crippen molar-refractivity contribution in [3.63, 3.8) is 0 Å². The van der Waals surface area contributed by atoms with Gasteiger partial charge in [0, 0.05) is 12.8 Å². The van der Waals surface area contributed by atoms with Gasteiger partial charge in [-0.1, -0.05) is 152 Å². The summed E-state index contributed by atoms with van der Waals surface area (Å²) in [6.45, 7) is 2.69. The van der Waals surface area contributed by atoms with Crippen LogP contribution in [0, 0.1) is 0 Å². The minimum absolute atomic E-state index is 0.121. The molecule has 0 aliphatic carbocycles. The van der Waals surface area contributed by atoms with E-state index >= 15 is 0 Å². The number of unbranched alkanes of at least 4 members (excludes halogenated alkanes) is 17. The minimum atomic E-state index is -4.73. The fraction of sp³-hybridized carbons (Fsp3) is 0.717. The van der Waals surface area contributed by atoms with Gasteiger partial charge in [-0.15, -0.1) is 0 Å². The van der Waals surface area contributed by atoms with E-state index in [-0.39, 0.29) is 19.4 Å². The Bertz CT molecular complexity index is 1210. The zero-order chi connectivity index (χ0) is 42.8. The second kappa shape index (κ2) is 40.9. The number of nitrogens with two attached hydrogens (primary N) is 1. The third kappa shape index (κ3) is 40.0. The lowest BCUT2D eigenvalue weighted by atomic mass is 10.1. The average molecular weight is 838 g/mol. The van der Waals surface area contributed by atoms with Crippen molar-refractivity contribution < 1.29 is 47.5 Å². The molecule has 3 atom stereocenters. The van der Waals surface area contributed by atoms with Crippen molar-refractivity contribution in [1.82, 2.24) is 0 Å². The van der Waals surface area contributed by atoms with Crippen molar-refractivity contribution in [2.45, 2.75) is 193 Å². The van der Waals surface area contributed by atoms with E-state index in [2.05, 4.69) is 79.1 Å². The highest BCUT2D eigenvalue weighted by molar-refractivity contribution is 7.47. The number of aliphatic carboxylic acids is 1. The molecule has 0 aliphatic heterocycles. The first-order valence-corrected chi connectivity index (χ1v) is 23.8. The Morgan fingerprint density at radius 1 is 0.534 bits per heavy atom. The van der Waals surface area contributed by atoms with Gasteiger partial charge in [-0.2, -0.15) is 0 Å². The summed E-state index contributed by atoms with van der Waals surface area (Å²) in [5, 5.41) is 8.89. The number of carboxylic acid groups (broad SMARTS) is 1. The molecular formula is C46H80NO10P. The fourth-order valence-corrected chi connectivity index (χ4v) is 6.47. The van der Waals surface area contributed by atoms with Gasteiger partial charge in [0.15, 0.2) is 6.10 Å². The van der Waals surface area contributed by atoms with E-state index in [9.17, 15) is 23.8 Å². The summed E-state index contributed by atoms with van der Waals surface area (Å²) >= 11 is 0. The van der Waals surface area contributed by atoms with Gasteiger partial charge in [-0.3, -0.25) is 23.4 Å². The molecule has 11 nitrogen and oxygen atoms in total. The summed E-state index contributed by atoms with van der Waals surface area (Å²) in [5.74, 6) is -2.43. The summed E-state index contributed by atoms with van der Waals surface area (Å²) in [5.41, 5.74) is 5.33. The van der Waals surface area contributed by atoms with Crippen LogP contribution in [-0.2, 0) is 37.5 Å². The number of allylic oxidation sites excluding steroid dienone is 10. The van der Waals surface area contributed by atoms with Crippen LogP contribution in [0.3, 0.4) is 0 Å². The SMILES string of the molecule is CCC/C=C/C/C=C/C/C=C/C/C=C/CCCCCC(=O)O[C@H](COC(=O)CCCCCCCCC/C=C/CCCCCCCC)COP(=O)(O)OC[C@H](N)C(=O)O. The number of hydrogen-bond acceptors (Lipinski definition) is 9. The third-order valence-corrected chi connectivity index (χ3v) is 10.2. The Hall–Kier alpha value is -2.82. The molecule has 0 aromatic rings. The Kier molecular flexibility index (Phi) is 38.9. The summed E-state index contributed by atoms with van der Waals surface area (Å²) in [6, 6.07) is -1.53. The molecule has 0 aliphatic rings. The van der Waals surface area contributed by atoms with Crippen LogP contribution in [0.2, 0.25) is 0 Å². The number of hydrogen-bond donors (Lipinski definition) is 3. The number of carbonyl (C=O) groups excluding carboxylic acids is 2. The Balaban J connectivity index is 4.42. The molecule has 0 saturated carbocycles. The number of rotatable bonds is 41. The van der Waals surface area contributed by atoms with E-state index in [4.69, 9.17) is 24.8 Å². The molecule has 0 amide bonds. The van der Waals surface area contributed by atoms with E-state index in [1.54, 1.807) is 0 Å². The average Bonchev–Trinajstić information content (AvgIpc) is 3.20. The van der Waals surface area contributed by atoms with Crippen molar-refractivity contribution >= 4 is 25.7 Å². The zero-order valence-corrected chi connectivity index (χ0v) is 37.0. The highest BCUT2D eigenvalue weighted by Gasteiger charge is 2.28. The highest BCUT2D eigenvalue weighted by Crippen LogP contribution is 2.43. The number of carbonyl (C=O) groups is 3. The van der Waals surface area contributed by atoms with Crippen molar-refractivity contribution in [1.29, 1.82) is 0 Å². The molecule has 0 spiro atoms. The topological polar surface area (TPSA) is 172 Å². The molecular weight excluding hydrogens is 757 g/mol. The van der Waals surface area contributed by atoms with Crippen LogP contribution in [0.1, 0.15) is 181 Å². The molecule has 12 heteroatoms. The molecule has 0 aromatic carbocycles. The number of carboxylic acids is 1. The lowest BCUT2D eigenvalue weighted by Crippen LogP contribution is -2.34. The van der Waals surface area contributed by atoms with E-state index in [0.29, 0.717) is 12.8 Å². The molecule has 1 unspecified atom stereocenters. The molecule has 0 fully saturated rings. The van der Waals surface area contributed by atoms with Crippen LogP contribution in [0.5, 0.6) is 0 Å². The first-order valence-electron chi connectivity index (χ1n) is 22.3. The van der Waals surface area contributed by atoms with Crippen LogP contribution in [0.15, 0.2) is 60.8 Å². The molecule has 0 heterocycles. The highest BCUT2D eigenvalue weighted by atomic mass is 31.2. The number of esters is 2. The third-order valence-electron chi connectivity index (χ3n) is 9.22. The van der Waals surface area contributed by atoms with Gasteiger partial charge in [0.2, 0.25) is 0 Å². The van der Waals surface area contributed by atoms with Gasteiger partial charge in [-0.05, 0) is 77.0 Å². The first kappa shape index (κ1) is 55.2. The lowest BCUT2D eigenvalue weighted by Gasteiger charge is -2.20. The van der Waals surface area contributed by atoms with E-state index < -0.39 is 51.1 Å². The van der Waals surface area contributed by atoms with Crippen LogP contribution in [0.4, 0.5) is 0 Å². The lowest BCUT2D eigenvalue weighted by molar-refractivity contribution is -0.161. The second-order valence-corrected chi connectivity index (χ2v) is 16.3. The van der Waals surface area contributed by atoms with E-state index in [1.807, 2.05) is 0 Å². The minimum Gasteiger partial charge on any atom is -0.480 e. The van der Waals surface area contributed by atoms with Gasteiger partial charge in [0.1, 0.15) is 12.6 Å². The normalized spacial score (nSPS) is 14.3. The van der Waals surface area contributed by atoms with Crippen molar-refractivity contribution in [3.05, 3.63) is 60.8 Å². The van der Waals surface area contributed by atoms with Gasteiger partial charge in [-0.25, -0.2) is 4.57 Å². The van der Waals surface area contributed by atoms with Crippen LogP contribution in [-0.4, -0.2) is 59.9 Å². The van der Waals surface area contributed by atoms with Gasteiger partial charge in [0.25, 0.3) is 0 Å². The molecule has 334 valence electrons. The van der Waals surface area contributed by atoms with Crippen LogP contribution in [0.25, 0.3) is 0 Å². The predicted molar refractivity (Wildman–Crippen MR) is 235 cm³/mol. The summed E-state index contributed by atoms with van der Waals surface area (Å²) < 4.78 is 32.7. The second-order valence-electron chi connectivity index (χ2n) is 14.8. The van der Waals surface area contributed by atoms with Gasteiger partial charge < -0.3 is 25.2 Å². The summed E-state index contributed by atoms with van der Waals surface area (Å²) in [4.78, 5) is 46.0. The summed E-state index contributed by atoms with van der Waals surface area (Å²) in [6.07, 6.45) is 47.1. The maximum absolute atomic E-state index is 12.6. The first-order chi connectivity index (χ1) is 28.1. The van der Waals surface area contributed by atoms with E-state index in [0.717, 1.165) is 70.6 Å². The monoisotopic (exact) mass is 838 g/mol. The molecule has 58 heavy (non-hydrogen) atoms. The number of phosphoric ester groups is 1. The maximum atomic E-state index is 12.6. The fourth-order valence-electron chi connectivity index (χ4n) is 5.70. The molecule has 0 bridgehead atoms. The molecule has 0 rings (SSSR count). The van der Waals surface area contributed by atoms with E-state index in [1.165, 1.54) is 70.6 Å². The van der Waals surface area contributed by atoms with Gasteiger partial charge in [0.05, 0.1) is 13.2 Å². The maximum Gasteiger partial charge on any atom is 0.472 e. The predicted octanol–water partition coefficient (Wildman–Crippen LogP) is 12.0. The van der Waals surface area contributed by atoms with Crippen molar-refractivity contribution in [3.8, 4) is 0 Å². The Morgan fingerprint density at radius 2 is 0.948 bits per heavy atom. The van der Waals surface area contributed by atoms with Crippen LogP contribution < -0.4 is 5.73 Å². The largest absolute Gasteiger partial charge is 0.480 e. The Morgan fingerprint density at radius 3 is 1.47 bits per heavy atom.